The van der Waals surface area contributed by atoms with Crippen LogP contribution in [-0.2, 0) is 4.79 Å². The van der Waals surface area contributed by atoms with Crippen LogP contribution in [0.25, 0.3) is 0 Å². The summed E-state index contributed by atoms with van der Waals surface area (Å²) in [4.78, 5) is 38.8. The molecule has 0 radical (unpaired) electrons. The summed E-state index contributed by atoms with van der Waals surface area (Å²) in [6.07, 6.45) is 6.32. The highest BCUT2D eigenvalue weighted by atomic mass is 16.5. The minimum atomic E-state index is -0.155. The molecule has 2 fully saturated rings. The van der Waals surface area contributed by atoms with Gasteiger partial charge in [-0.3, -0.25) is 14.7 Å². The summed E-state index contributed by atoms with van der Waals surface area (Å²) in [6.45, 7) is 2.30. The van der Waals surface area contributed by atoms with E-state index >= 15 is 0 Å². The van der Waals surface area contributed by atoms with Crippen LogP contribution < -0.4 is 14.4 Å². The Labute approximate surface area is 175 Å². The third kappa shape index (κ3) is 4.45. The van der Waals surface area contributed by atoms with Gasteiger partial charge in [0, 0.05) is 37.7 Å². The van der Waals surface area contributed by atoms with Gasteiger partial charge in [0.05, 0.1) is 19.9 Å². The summed E-state index contributed by atoms with van der Waals surface area (Å²) >= 11 is 0. The number of hydrogen-bond acceptors (Lipinski definition) is 6. The van der Waals surface area contributed by atoms with E-state index in [0.29, 0.717) is 32.1 Å². The van der Waals surface area contributed by atoms with E-state index in [2.05, 4.69) is 9.97 Å². The Morgan fingerprint density at radius 3 is 2.73 bits per heavy atom. The largest absolute Gasteiger partial charge is 0.497 e. The lowest BCUT2D eigenvalue weighted by Crippen LogP contribution is -2.48. The molecule has 158 valence electrons. The summed E-state index contributed by atoms with van der Waals surface area (Å²) in [5.41, 5.74) is 0.797. The number of methoxy groups -OCH3 is 1. The summed E-state index contributed by atoms with van der Waals surface area (Å²) < 4.78 is 11.0. The Kier molecular flexibility index (Phi) is 5.97. The molecule has 30 heavy (non-hydrogen) atoms. The number of urea groups is 1. The first-order chi connectivity index (χ1) is 14.6. The number of hydrogen-bond donors (Lipinski definition) is 0. The van der Waals surface area contributed by atoms with Crippen molar-refractivity contribution in [2.24, 2.45) is 0 Å². The number of anilines is 1. The number of piperidine rings is 1. The van der Waals surface area contributed by atoms with Crippen molar-refractivity contribution >= 4 is 17.6 Å². The van der Waals surface area contributed by atoms with E-state index in [4.69, 9.17) is 9.47 Å². The molecular formula is C21H25N5O4. The molecule has 0 aliphatic carbocycles. The number of likely N-dealkylation sites (tertiary alicyclic amines) is 1. The van der Waals surface area contributed by atoms with Gasteiger partial charge >= 0.3 is 6.03 Å². The second kappa shape index (κ2) is 8.98. The van der Waals surface area contributed by atoms with Crippen LogP contribution in [0.5, 0.6) is 11.6 Å². The number of carbonyl (C=O) groups excluding carboxylic acids is 2. The number of nitrogens with zero attached hydrogens (tertiary/aromatic N) is 5. The van der Waals surface area contributed by atoms with Crippen molar-refractivity contribution in [2.75, 3.05) is 44.7 Å². The summed E-state index contributed by atoms with van der Waals surface area (Å²) in [5.74, 6) is 1.13. The van der Waals surface area contributed by atoms with Gasteiger partial charge in [0.1, 0.15) is 18.4 Å². The Morgan fingerprint density at radius 1 is 1.17 bits per heavy atom. The minimum Gasteiger partial charge on any atom is -0.497 e. The van der Waals surface area contributed by atoms with Gasteiger partial charge in [0.2, 0.25) is 11.8 Å². The maximum atomic E-state index is 12.8. The fourth-order valence-corrected chi connectivity index (χ4v) is 3.77. The monoisotopic (exact) mass is 411 g/mol. The summed E-state index contributed by atoms with van der Waals surface area (Å²) in [5, 5.41) is 0. The van der Waals surface area contributed by atoms with E-state index in [-0.39, 0.29) is 24.6 Å². The molecule has 2 aliphatic rings. The number of aromatic nitrogens is 2. The van der Waals surface area contributed by atoms with Gasteiger partial charge < -0.3 is 19.3 Å². The molecule has 3 amide bonds. The van der Waals surface area contributed by atoms with Crippen molar-refractivity contribution in [3.63, 3.8) is 0 Å². The molecule has 4 rings (SSSR count). The lowest BCUT2D eigenvalue weighted by molar-refractivity contribution is -0.134. The van der Waals surface area contributed by atoms with Gasteiger partial charge in [-0.2, -0.15) is 0 Å². The standard InChI is InChI=1S/C21H25N5O4/c1-29-17-6-4-16(5-7-17)26-12-11-25(21(26)28)15-20(27)24-10-2-3-18(14-24)30-19-13-22-8-9-23-19/h4-9,13,18H,2-3,10-12,14-15H2,1H3. The summed E-state index contributed by atoms with van der Waals surface area (Å²) in [6, 6.07) is 7.18. The predicted octanol–water partition coefficient (Wildman–Crippen LogP) is 1.80. The molecule has 9 heteroatoms. The Bertz CT molecular complexity index is 877. The SMILES string of the molecule is COc1ccc(N2CCN(CC(=O)N3CCCC(Oc4cnccn4)C3)C2=O)cc1. The minimum absolute atomic E-state index is 0.0626. The Morgan fingerprint density at radius 2 is 2.00 bits per heavy atom. The molecule has 1 aromatic carbocycles. The molecule has 1 unspecified atom stereocenters. The average molecular weight is 411 g/mol. The van der Waals surface area contributed by atoms with E-state index in [1.54, 1.807) is 40.4 Å². The fraction of sp³-hybridized carbons (Fsp3) is 0.429. The smallest absolute Gasteiger partial charge is 0.325 e. The number of ether oxygens (including phenoxy) is 2. The van der Waals surface area contributed by atoms with Crippen LogP contribution >= 0.6 is 0 Å². The molecule has 0 N–H and O–H groups in total. The first kappa shape index (κ1) is 19.9. The van der Waals surface area contributed by atoms with Crippen LogP contribution in [0.1, 0.15) is 12.8 Å². The molecule has 1 aromatic heterocycles. The lowest BCUT2D eigenvalue weighted by atomic mass is 10.1. The maximum absolute atomic E-state index is 12.8. The van der Waals surface area contributed by atoms with Gasteiger partial charge in [-0.1, -0.05) is 0 Å². The highest BCUT2D eigenvalue weighted by Crippen LogP contribution is 2.23. The molecule has 0 spiro atoms. The van der Waals surface area contributed by atoms with Gasteiger partial charge in [0.15, 0.2) is 0 Å². The molecule has 0 bridgehead atoms. The number of benzene rings is 1. The molecule has 1 atom stereocenters. The topological polar surface area (TPSA) is 88.1 Å². The van der Waals surface area contributed by atoms with Gasteiger partial charge in [-0.25, -0.2) is 9.78 Å². The van der Waals surface area contributed by atoms with E-state index in [9.17, 15) is 9.59 Å². The van der Waals surface area contributed by atoms with Crippen LogP contribution in [0.2, 0.25) is 0 Å². The van der Waals surface area contributed by atoms with Crippen LogP contribution in [0.15, 0.2) is 42.9 Å². The molecule has 2 saturated heterocycles. The van der Waals surface area contributed by atoms with E-state index in [1.165, 1.54) is 0 Å². The van der Waals surface area contributed by atoms with E-state index in [1.807, 2.05) is 24.3 Å². The lowest BCUT2D eigenvalue weighted by Gasteiger charge is -2.33. The van der Waals surface area contributed by atoms with Crippen molar-refractivity contribution in [1.29, 1.82) is 0 Å². The zero-order chi connectivity index (χ0) is 20.9. The first-order valence-electron chi connectivity index (χ1n) is 10.0. The second-order valence-electron chi connectivity index (χ2n) is 7.32. The zero-order valence-corrected chi connectivity index (χ0v) is 16.9. The Hall–Kier alpha value is -3.36. The molecule has 2 aromatic rings. The molecule has 0 saturated carbocycles. The third-order valence-corrected chi connectivity index (χ3v) is 5.36. The molecule has 3 heterocycles. The van der Waals surface area contributed by atoms with E-state index in [0.717, 1.165) is 24.3 Å². The summed E-state index contributed by atoms with van der Waals surface area (Å²) in [7, 11) is 1.60. The predicted molar refractivity (Wildman–Crippen MR) is 110 cm³/mol. The Balaban J connectivity index is 1.32. The molecule has 9 nitrogen and oxygen atoms in total. The second-order valence-corrected chi connectivity index (χ2v) is 7.32. The quantitative estimate of drug-likeness (QED) is 0.720. The number of carbonyl (C=O) groups is 2. The normalized spacial score (nSPS) is 19.2. The van der Waals surface area contributed by atoms with Gasteiger partial charge in [-0.05, 0) is 37.1 Å². The van der Waals surface area contributed by atoms with Crippen molar-refractivity contribution in [3.8, 4) is 11.6 Å². The molecular weight excluding hydrogens is 386 g/mol. The van der Waals surface area contributed by atoms with Crippen molar-refractivity contribution in [2.45, 2.75) is 18.9 Å². The number of amides is 3. The van der Waals surface area contributed by atoms with Crippen molar-refractivity contribution < 1.29 is 19.1 Å². The molecule has 2 aliphatic heterocycles. The van der Waals surface area contributed by atoms with Crippen LogP contribution in [-0.4, -0.2) is 77.6 Å². The highest BCUT2D eigenvalue weighted by molar-refractivity contribution is 5.96. The highest BCUT2D eigenvalue weighted by Gasteiger charge is 2.33. The van der Waals surface area contributed by atoms with Gasteiger partial charge in [-0.15, -0.1) is 0 Å². The fourth-order valence-electron chi connectivity index (χ4n) is 3.77. The third-order valence-electron chi connectivity index (χ3n) is 5.36. The van der Waals surface area contributed by atoms with Crippen LogP contribution in [0.3, 0.4) is 0 Å². The zero-order valence-electron chi connectivity index (χ0n) is 16.9. The van der Waals surface area contributed by atoms with Gasteiger partial charge in [0.25, 0.3) is 0 Å². The van der Waals surface area contributed by atoms with Crippen molar-refractivity contribution in [3.05, 3.63) is 42.9 Å². The first-order valence-corrected chi connectivity index (χ1v) is 10.0. The van der Waals surface area contributed by atoms with E-state index < -0.39 is 0 Å². The average Bonchev–Trinajstić information content (AvgIpc) is 3.14. The number of rotatable bonds is 6. The van der Waals surface area contributed by atoms with Crippen LogP contribution in [0, 0.1) is 0 Å². The van der Waals surface area contributed by atoms with Crippen LogP contribution in [0.4, 0.5) is 10.5 Å². The maximum Gasteiger partial charge on any atom is 0.325 e. The van der Waals surface area contributed by atoms with Crippen molar-refractivity contribution in [1.82, 2.24) is 19.8 Å².